The molecule has 3 amide bonds. The molecule has 0 aliphatic carbocycles. The lowest BCUT2D eigenvalue weighted by atomic mass is 10.3. The molecule has 2 aromatic rings. The molecule has 1 fully saturated rings. The lowest BCUT2D eigenvalue weighted by Gasteiger charge is -2.12. The van der Waals surface area contributed by atoms with Gasteiger partial charge in [-0.05, 0) is 48.2 Å². The predicted molar refractivity (Wildman–Crippen MR) is 88.1 cm³/mol. The minimum Gasteiger partial charge on any atom is -0.508 e. The van der Waals surface area contributed by atoms with Crippen LogP contribution < -0.4 is 5.32 Å². The van der Waals surface area contributed by atoms with Gasteiger partial charge in [-0.25, -0.2) is 0 Å². The molecule has 1 saturated heterocycles. The Morgan fingerprint density at radius 3 is 2.67 bits per heavy atom. The second-order valence-corrected chi connectivity index (χ2v) is 5.87. The van der Waals surface area contributed by atoms with Crippen molar-refractivity contribution >= 4 is 40.6 Å². The number of imide groups is 1. The van der Waals surface area contributed by atoms with Gasteiger partial charge in [0.15, 0.2) is 0 Å². The number of hydrogen-bond acceptors (Lipinski definition) is 6. The smallest absolute Gasteiger partial charge is 0.294 e. The van der Waals surface area contributed by atoms with Crippen molar-refractivity contribution in [1.29, 1.82) is 0 Å². The number of hydrogen-bond donors (Lipinski definition) is 2. The summed E-state index contributed by atoms with van der Waals surface area (Å²) in [6.07, 6.45) is 2.92. The van der Waals surface area contributed by atoms with E-state index in [0.717, 1.165) is 16.7 Å². The summed E-state index contributed by atoms with van der Waals surface area (Å²) in [4.78, 5) is 37.2. The molecule has 24 heavy (non-hydrogen) atoms. The number of aromatic hydroxyl groups is 1. The van der Waals surface area contributed by atoms with Crippen LogP contribution in [0.2, 0.25) is 0 Å². The van der Waals surface area contributed by atoms with Crippen molar-refractivity contribution in [1.82, 2.24) is 4.90 Å². The highest BCUT2D eigenvalue weighted by Crippen LogP contribution is 2.32. The van der Waals surface area contributed by atoms with Crippen LogP contribution in [0.25, 0.3) is 6.08 Å². The number of thioether (sulfide) groups is 1. The SMILES string of the molecule is O=C(CN1C(=O)S/C(=C\c2ccco2)C1=O)Nc1ccc(O)cc1. The summed E-state index contributed by atoms with van der Waals surface area (Å²) < 4.78 is 5.11. The monoisotopic (exact) mass is 344 g/mol. The van der Waals surface area contributed by atoms with Crippen molar-refractivity contribution in [2.24, 2.45) is 0 Å². The van der Waals surface area contributed by atoms with E-state index in [1.54, 1.807) is 12.1 Å². The predicted octanol–water partition coefficient (Wildman–Crippen LogP) is 2.66. The van der Waals surface area contributed by atoms with Gasteiger partial charge in [-0.2, -0.15) is 0 Å². The number of phenols is 1. The van der Waals surface area contributed by atoms with Crippen LogP contribution in [-0.4, -0.2) is 33.6 Å². The fourth-order valence-electron chi connectivity index (χ4n) is 2.03. The number of carbonyl (C=O) groups excluding carboxylic acids is 3. The first-order chi connectivity index (χ1) is 11.5. The Morgan fingerprint density at radius 2 is 2.00 bits per heavy atom. The molecule has 1 aromatic carbocycles. The summed E-state index contributed by atoms with van der Waals surface area (Å²) in [5.74, 6) is -0.527. The highest BCUT2D eigenvalue weighted by Gasteiger charge is 2.36. The van der Waals surface area contributed by atoms with Crippen molar-refractivity contribution in [2.45, 2.75) is 0 Å². The zero-order valence-corrected chi connectivity index (χ0v) is 13.1. The minimum absolute atomic E-state index is 0.0713. The van der Waals surface area contributed by atoms with E-state index in [1.165, 1.54) is 36.6 Å². The summed E-state index contributed by atoms with van der Waals surface area (Å²) in [5, 5.41) is 11.2. The average molecular weight is 344 g/mol. The van der Waals surface area contributed by atoms with Gasteiger partial charge in [-0.1, -0.05) is 0 Å². The molecule has 122 valence electrons. The molecule has 0 atom stereocenters. The molecule has 1 aliphatic heterocycles. The summed E-state index contributed by atoms with van der Waals surface area (Å²) in [5.41, 5.74) is 0.455. The van der Waals surface area contributed by atoms with Crippen molar-refractivity contribution in [3.05, 3.63) is 53.3 Å². The Bertz CT molecular complexity index is 812. The molecule has 0 saturated carbocycles. The van der Waals surface area contributed by atoms with Crippen molar-refractivity contribution in [2.75, 3.05) is 11.9 Å². The van der Waals surface area contributed by atoms with E-state index in [-0.39, 0.29) is 17.2 Å². The molecule has 0 unspecified atom stereocenters. The molecule has 2 N–H and O–H groups in total. The fourth-order valence-corrected chi connectivity index (χ4v) is 2.85. The molecule has 0 bridgehead atoms. The minimum atomic E-state index is -0.540. The van der Waals surface area contributed by atoms with E-state index >= 15 is 0 Å². The third-order valence-electron chi connectivity index (χ3n) is 3.14. The highest BCUT2D eigenvalue weighted by molar-refractivity contribution is 8.18. The largest absolute Gasteiger partial charge is 0.508 e. The van der Waals surface area contributed by atoms with Crippen LogP contribution in [0, 0.1) is 0 Å². The van der Waals surface area contributed by atoms with E-state index in [2.05, 4.69) is 5.32 Å². The number of carbonyl (C=O) groups is 3. The lowest BCUT2D eigenvalue weighted by Crippen LogP contribution is -2.36. The van der Waals surface area contributed by atoms with E-state index < -0.39 is 17.1 Å². The number of benzene rings is 1. The van der Waals surface area contributed by atoms with Crippen molar-refractivity contribution in [3.63, 3.8) is 0 Å². The molecule has 2 heterocycles. The average Bonchev–Trinajstić information content (AvgIpc) is 3.14. The summed E-state index contributed by atoms with van der Waals surface area (Å²) in [6, 6.07) is 9.19. The summed E-state index contributed by atoms with van der Waals surface area (Å²) in [7, 11) is 0. The first kappa shape index (κ1) is 15.9. The Labute approximate surface area is 140 Å². The molecule has 3 rings (SSSR count). The molecule has 0 spiro atoms. The van der Waals surface area contributed by atoms with Crippen molar-refractivity contribution < 1.29 is 23.9 Å². The second kappa shape index (κ2) is 6.63. The quantitative estimate of drug-likeness (QED) is 0.653. The van der Waals surface area contributed by atoms with Crippen LogP contribution in [0.1, 0.15) is 5.76 Å². The number of rotatable bonds is 4. The molecule has 7 nitrogen and oxygen atoms in total. The van der Waals surface area contributed by atoms with Gasteiger partial charge in [-0.3, -0.25) is 19.3 Å². The lowest BCUT2D eigenvalue weighted by molar-refractivity contribution is -0.127. The van der Waals surface area contributed by atoms with Crippen LogP contribution >= 0.6 is 11.8 Å². The Balaban J connectivity index is 1.66. The van der Waals surface area contributed by atoms with Crippen molar-refractivity contribution in [3.8, 4) is 5.75 Å². The topological polar surface area (TPSA) is 99.9 Å². The van der Waals surface area contributed by atoms with Crippen LogP contribution in [0.15, 0.2) is 52.0 Å². The maximum Gasteiger partial charge on any atom is 0.294 e. The first-order valence-electron chi connectivity index (χ1n) is 6.91. The third-order valence-corrected chi connectivity index (χ3v) is 4.05. The molecule has 1 aliphatic rings. The summed E-state index contributed by atoms with van der Waals surface area (Å²) in [6.45, 7) is -0.388. The maximum atomic E-state index is 12.2. The van der Waals surface area contributed by atoms with Gasteiger partial charge in [-0.15, -0.1) is 0 Å². The highest BCUT2D eigenvalue weighted by atomic mass is 32.2. The number of nitrogens with zero attached hydrogens (tertiary/aromatic N) is 1. The fraction of sp³-hybridized carbons (Fsp3) is 0.0625. The number of furan rings is 1. The Kier molecular flexibility index (Phi) is 4.39. The van der Waals surface area contributed by atoms with Gasteiger partial charge in [0.2, 0.25) is 5.91 Å². The van der Waals surface area contributed by atoms with Gasteiger partial charge in [0, 0.05) is 11.8 Å². The molecule has 1 aromatic heterocycles. The van der Waals surface area contributed by atoms with Crippen LogP contribution in [-0.2, 0) is 9.59 Å². The van der Waals surface area contributed by atoms with Gasteiger partial charge in [0.1, 0.15) is 18.1 Å². The molecule has 0 radical (unpaired) electrons. The number of anilines is 1. The Hall–Kier alpha value is -3.00. The second-order valence-electron chi connectivity index (χ2n) is 4.88. The zero-order chi connectivity index (χ0) is 17.1. The molecular formula is C16H12N2O5S. The number of nitrogens with one attached hydrogen (secondary N) is 1. The number of amides is 3. The summed E-state index contributed by atoms with van der Waals surface area (Å²) >= 11 is 0.756. The van der Waals surface area contributed by atoms with Gasteiger partial charge < -0.3 is 14.8 Å². The first-order valence-corrected chi connectivity index (χ1v) is 7.72. The molecular weight excluding hydrogens is 332 g/mol. The third kappa shape index (κ3) is 3.49. The normalized spacial score (nSPS) is 16.0. The van der Waals surface area contributed by atoms with E-state index in [0.29, 0.717) is 11.4 Å². The van der Waals surface area contributed by atoms with Gasteiger partial charge in [0.05, 0.1) is 11.2 Å². The number of phenolic OH excluding ortho intramolecular Hbond substituents is 1. The standard InChI is InChI=1S/C16H12N2O5S/c19-11-5-3-10(4-6-11)17-14(20)9-18-15(21)13(24-16(18)22)8-12-2-1-7-23-12/h1-8,19H,9H2,(H,17,20)/b13-8-. The van der Waals surface area contributed by atoms with E-state index in [4.69, 9.17) is 4.42 Å². The molecule has 8 heteroatoms. The van der Waals surface area contributed by atoms with Gasteiger partial charge >= 0.3 is 0 Å². The Morgan fingerprint density at radius 1 is 1.25 bits per heavy atom. The zero-order valence-electron chi connectivity index (χ0n) is 12.3. The van der Waals surface area contributed by atoms with Crippen LogP contribution in [0.3, 0.4) is 0 Å². The van der Waals surface area contributed by atoms with E-state index in [1.807, 2.05) is 0 Å². The van der Waals surface area contributed by atoms with Crippen LogP contribution in [0.5, 0.6) is 5.75 Å². The van der Waals surface area contributed by atoms with Crippen LogP contribution in [0.4, 0.5) is 10.5 Å². The maximum absolute atomic E-state index is 12.2. The van der Waals surface area contributed by atoms with E-state index in [9.17, 15) is 19.5 Å². The van der Waals surface area contributed by atoms with Gasteiger partial charge in [0.25, 0.3) is 11.1 Å².